The van der Waals surface area contributed by atoms with Crippen LogP contribution in [0.15, 0.2) is 0 Å². The molecule has 0 saturated heterocycles. The molecule has 0 aromatic rings. The van der Waals surface area contributed by atoms with Gasteiger partial charge in [0.25, 0.3) is 0 Å². The summed E-state index contributed by atoms with van der Waals surface area (Å²) in [6.07, 6.45) is 3.30. The lowest BCUT2D eigenvalue weighted by Gasteiger charge is -2.28. The molecule has 0 bridgehead atoms. The number of hydrogen-bond acceptors (Lipinski definition) is 3. The van der Waals surface area contributed by atoms with Gasteiger partial charge < -0.3 is 10.4 Å². The summed E-state index contributed by atoms with van der Waals surface area (Å²) in [5.41, 5.74) is -0.488. The van der Waals surface area contributed by atoms with Crippen molar-refractivity contribution >= 4 is 0 Å². The Kier molecular flexibility index (Phi) is 6.62. The van der Waals surface area contributed by atoms with Crippen LogP contribution >= 0.6 is 0 Å². The molecular weight excluding hydrogens is 200 g/mol. The van der Waals surface area contributed by atoms with E-state index in [0.29, 0.717) is 13.0 Å². The zero-order valence-electron chi connectivity index (χ0n) is 11.1. The summed E-state index contributed by atoms with van der Waals surface area (Å²) in [4.78, 5) is 0. The van der Waals surface area contributed by atoms with Crippen molar-refractivity contribution in [2.45, 2.75) is 59.0 Å². The lowest BCUT2D eigenvalue weighted by Crippen LogP contribution is -2.41. The standard InChI is InChI=1S/C13H26N2O/c1-5-7-13(4,16)11-15-10-12(2,3)8-6-9-14/h15-16H,5-8,10-11H2,1-4H3. The minimum atomic E-state index is -0.611. The first-order valence-electron chi connectivity index (χ1n) is 6.13. The van der Waals surface area contributed by atoms with E-state index in [0.717, 1.165) is 25.8 Å². The summed E-state index contributed by atoms with van der Waals surface area (Å²) < 4.78 is 0. The Bertz CT molecular complexity index is 229. The van der Waals surface area contributed by atoms with Crippen molar-refractivity contribution in [2.75, 3.05) is 13.1 Å². The van der Waals surface area contributed by atoms with Crippen molar-refractivity contribution in [3.63, 3.8) is 0 Å². The molecule has 0 radical (unpaired) electrons. The fourth-order valence-corrected chi connectivity index (χ4v) is 1.78. The number of rotatable bonds is 8. The minimum absolute atomic E-state index is 0.123. The molecule has 94 valence electrons. The molecular formula is C13H26N2O. The van der Waals surface area contributed by atoms with E-state index in [1.807, 2.05) is 6.92 Å². The van der Waals surface area contributed by atoms with E-state index < -0.39 is 5.60 Å². The number of hydrogen-bond donors (Lipinski definition) is 2. The van der Waals surface area contributed by atoms with E-state index in [4.69, 9.17) is 5.26 Å². The van der Waals surface area contributed by atoms with Gasteiger partial charge in [0.2, 0.25) is 0 Å². The normalized spacial score (nSPS) is 15.5. The third-order valence-corrected chi connectivity index (χ3v) is 2.81. The van der Waals surface area contributed by atoms with E-state index >= 15 is 0 Å². The second kappa shape index (κ2) is 6.88. The maximum absolute atomic E-state index is 9.97. The maximum atomic E-state index is 9.97. The second-order valence-corrected chi connectivity index (χ2v) is 5.67. The average molecular weight is 226 g/mol. The zero-order valence-corrected chi connectivity index (χ0v) is 11.1. The predicted octanol–water partition coefficient (Wildman–Crippen LogP) is 2.46. The molecule has 1 atom stereocenters. The lowest BCUT2D eigenvalue weighted by atomic mass is 9.87. The van der Waals surface area contributed by atoms with Crippen molar-refractivity contribution in [1.29, 1.82) is 5.26 Å². The second-order valence-electron chi connectivity index (χ2n) is 5.67. The highest BCUT2D eigenvalue weighted by atomic mass is 16.3. The van der Waals surface area contributed by atoms with Gasteiger partial charge in [-0.15, -0.1) is 0 Å². The highest BCUT2D eigenvalue weighted by Gasteiger charge is 2.21. The summed E-state index contributed by atoms with van der Waals surface area (Å²) >= 11 is 0. The van der Waals surface area contributed by atoms with Crippen LogP contribution in [0.1, 0.15) is 53.4 Å². The first-order valence-corrected chi connectivity index (χ1v) is 6.13. The van der Waals surface area contributed by atoms with Gasteiger partial charge in [-0.3, -0.25) is 0 Å². The van der Waals surface area contributed by atoms with Crippen molar-refractivity contribution < 1.29 is 5.11 Å². The molecule has 3 nitrogen and oxygen atoms in total. The SMILES string of the molecule is CCCC(C)(O)CNCC(C)(C)CCC#N. The topological polar surface area (TPSA) is 56.0 Å². The molecule has 0 saturated carbocycles. The quantitative estimate of drug-likeness (QED) is 0.668. The van der Waals surface area contributed by atoms with Crippen molar-refractivity contribution in [3.8, 4) is 6.07 Å². The van der Waals surface area contributed by atoms with Gasteiger partial charge in [-0.2, -0.15) is 5.26 Å². The number of nitrogens with one attached hydrogen (secondary N) is 1. The monoisotopic (exact) mass is 226 g/mol. The number of nitrogens with zero attached hydrogens (tertiary/aromatic N) is 1. The molecule has 0 aliphatic carbocycles. The van der Waals surface area contributed by atoms with Crippen molar-refractivity contribution in [2.24, 2.45) is 5.41 Å². The van der Waals surface area contributed by atoms with Crippen LogP contribution in [0.5, 0.6) is 0 Å². The van der Waals surface area contributed by atoms with Gasteiger partial charge >= 0.3 is 0 Å². The van der Waals surface area contributed by atoms with Crippen LogP contribution < -0.4 is 5.32 Å². The van der Waals surface area contributed by atoms with Crippen LogP contribution in [0.3, 0.4) is 0 Å². The maximum Gasteiger partial charge on any atom is 0.0743 e. The van der Waals surface area contributed by atoms with Gasteiger partial charge in [-0.05, 0) is 25.2 Å². The molecule has 3 heteroatoms. The first-order chi connectivity index (χ1) is 7.33. The van der Waals surface area contributed by atoms with E-state index in [9.17, 15) is 5.11 Å². The van der Waals surface area contributed by atoms with Crippen molar-refractivity contribution in [1.82, 2.24) is 5.32 Å². The molecule has 0 aliphatic heterocycles. The van der Waals surface area contributed by atoms with Crippen LogP contribution in [0.2, 0.25) is 0 Å². The zero-order chi connectivity index (χ0) is 12.7. The third kappa shape index (κ3) is 7.67. The van der Waals surface area contributed by atoms with Gasteiger partial charge in [0, 0.05) is 19.5 Å². The molecule has 0 aliphatic rings. The summed E-state index contributed by atoms with van der Waals surface area (Å²) in [6, 6.07) is 2.17. The molecule has 0 spiro atoms. The molecule has 0 heterocycles. The van der Waals surface area contributed by atoms with Gasteiger partial charge in [0.15, 0.2) is 0 Å². The Hall–Kier alpha value is -0.590. The highest BCUT2D eigenvalue weighted by molar-refractivity contribution is 4.81. The predicted molar refractivity (Wildman–Crippen MR) is 67.0 cm³/mol. The van der Waals surface area contributed by atoms with E-state index in [-0.39, 0.29) is 5.41 Å². The Morgan fingerprint density at radius 2 is 1.81 bits per heavy atom. The summed E-state index contributed by atoms with van der Waals surface area (Å²) in [5, 5.41) is 21.8. The Labute approximate surface area is 99.9 Å². The molecule has 0 amide bonds. The van der Waals surface area contributed by atoms with Crippen LogP contribution in [-0.2, 0) is 0 Å². The minimum Gasteiger partial charge on any atom is -0.389 e. The average Bonchev–Trinajstić information content (AvgIpc) is 2.14. The molecule has 0 rings (SSSR count). The smallest absolute Gasteiger partial charge is 0.0743 e. The lowest BCUT2D eigenvalue weighted by molar-refractivity contribution is 0.0475. The fourth-order valence-electron chi connectivity index (χ4n) is 1.78. The molecule has 0 fully saturated rings. The van der Waals surface area contributed by atoms with Crippen LogP contribution in [0, 0.1) is 16.7 Å². The molecule has 0 aromatic heterocycles. The highest BCUT2D eigenvalue weighted by Crippen LogP contribution is 2.21. The largest absolute Gasteiger partial charge is 0.389 e. The van der Waals surface area contributed by atoms with Gasteiger partial charge in [-0.25, -0.2) is 0 Å². The summed E-state index contributed by atoms with van der Waals surface area (Å²) in [5.74, 6) is 0. The summed E-state index contributed by atoms with van der Waals surface area (Å²) in [7, 11) is 0. The van der Waals surface area contributed by atoms with Gasteiger partial charge in [-0.1, -0.05) is 27.2 Å². The third-order valence-electron chi connectivity index (χ3n) is 2.81. The van der Waals surface area contributed by atoms with E-state index in [1.54, 1.807) is 0 Å². The van der Waals surface area contributed by atoms with E-state index in [2.05, 4.69) is 32.2 Å². The van der Waals surface area contributed by atoms with Crippen molar-refractivity contribution in [3.05, 3.63) is 0 Å². The Balaban J connectivity index is 3.84. The van der Waals surface area contributed by atoms with Gasteiger partial charge in [0.1, 0.15) is 0 Å². The molecule has 2 N–H and O–H groups in total. The summed E-state index contributed by atoms with van der Waals surface area (Å²) in [6.45, 7) is 9.69. The first kappa shape index (κ1) is 15.4. The molecule has 0 aromatic carbocycles. The fraction of sp³-hybridized carbons (Fsp3) is 0.923. The molecule has 1 unspecified atom stereocenters. The molecule has 16 heavy (non-hydrogen) atoms. The number of aliphatic hydroxyl groups is 1. The van der Waals surface area contributed by atoms with Crippen LogP contribution in [-0.4, -0.2) is 23.8 Å². The van der Waals surface area contributed by atoms with Gasteiger partial charge in [0.05, 0.1) is 11.7 Å². The number of nitriles is 1. The van der Waals surface area contributed by atoms with E-state index in [1.165, 1.54) is 0 Å². The van der Waals surface area contributed by atoms with Crippen LogP contribution in [0.25, 0.3) is 0 Å². The van der Waals surface area contributed by atoms with Crippen LogP contribution in [0.4, 0.5) is 0 Å². The Morgan fingerprint density at radius 1 is 1.19 bits per heavy atom. The Morgan fingerprint density at radius 3 is 2.31 bits per heavy atom.